The van der Waals surface area contributed by atoms with Crippen molar-refractivity contribution in [2.75, 3.05) is 31.8 Å². The maximum Gasteiger partial charge on any atom is 0.342 e. The second kappa shape index (κ2) is 10.9. The Morgan fingerprint density at radius 3 is 2.52 bits per heavy atom. The van der Waals surface area contributed by atoms with E-state index in [-0.39, 0.29) is 18.5 Å². The summed E-state index contributed by atoms with van der Waals surface area (Å²) in [7, 11) is 1.42. The average molecular weight is 417 g/mol. The lowest BCUT2D eigenvalue weighted by atomic mass is 10.2. The third-order valence-electron chi connectivity index (χ3n) is 3.92. The molecule has 0 unspecified atom stereocenters. The highest BCUT2D eigenvalue weighted by molar-refractivity contribution is 6.31. The van der Waals surface area contributed by atoms with Gasteiger partial charge >= 0.3 is 5.97 Å². The first kappa shape index (κ1) is 22.1. The molecule has 2 aromatic rings. The van der Waals surface area contributed by atoms with Crippen molar-refractivity contribution in [1.82, 2.24) is 0 Å². The first-order chi connectivity index (χ1) is 14.0. The number of hydrogen-bond donors (Lipinski definition) is 0. The van der Waals surface area contributed by atoms with Gasteiger partial charge in [-0.15, -0.1) is 0 Å². The molecule has 152 valence electrons. The molecule has 0 atom stereocenters. The molecule has 0 N–H and O–H groups in total. The van der Waals surface area contributed by atoms with E-state index in [2.05, 4.69) is 0 Å². The topological polar surface area (TPSA) is 88.9 Å². The molecule has 2 aromatic carbocycles. The quantitative estimate of drug-likeness (QED) is 0.577. The Hall–Kier alpha value is -3.24. The Morgan fingerprint density at radius 1 is 1.17 bits per heavy atom. The van der Waals surface area contributed by atoms with Crippen molar-refractivity contribution >= 4 is 29.2 Å². The van der Waals surface area contributed by atoms with E-state index < -0.39 is 18.5 Å². The van der Waals surface area contributed by atoms with Crippen molar-refractivity contribution in [1.29, 1.82) is 5.26 Å². The molecule has 0 radical (unpaired) electrons. The van der Waals surface area contributed by atoms with Crippen LogP contribution in [0, 0.1) is 11.3 Å². The van der Waals surface area contributed by atoms with Crippen molar-refractivity contribution in [2.24, 2.45) is 0 Å². The van der Waals surface area contributed by atoms with Gasteiger partial charge in [0.2, 0.25) is 0 Å². The number of hydrogen-bond acceptors (Lipinski definition) is 6. The highest BCUT2D eigenvalue weighted by Gasteiger charge is 2.20. The molecule has 0 fully saturated rings. The first-order valence-corrected chi connectivity index (χ1v) is 9.28. The Kier molecular flexibility index (Phi) is 8.31. The predicted molar refractivity (Wildman–Crippen MR) is 108 cm³/mol. The van der Waals surface area contributed by atoms with Gasteiger partial charge in [0, 0.05) is 17.3 Å². The van der Waals surface area contributed by atoms with Crippen molar-refractivity contribution in [3.05, 3.63) is 53.1 Å². The van der Waals surface area contributed by atoms with Crippen LogP contribution in [-0.2, 0) is 9.53 Å². The normalized spacial score (nSPS) is 10.0. The molecule has 0 saturated carbocycles. The van der Waals surface area contributed by atoms with Gasteiger partial charge in [-0.05, 0) is 49.4 Å². The summed E-state index contributed by atoms with van der Waals surface area (Å²) in [6.07, 6.45) is 0.134. The van der Waals surface area contributed by atoms with Crippen molar-refractivity contribution < 1.29 is 23.8 Å². The van der Waals surface area contributed by atoms with E-state index in [9.17, 15) is 9.59 Å². The largest absolute Gasteiger partial charge is 0.496 e. The Balaban J connectivity index is 2.11. The number of anilines is 1. The van der Waals surface area contributed by atoms with Crippen molar-refractivity contribution in [3.63, 3.8) is 0 Å². The van der Waals surface area contributed by atoms with Gasteiger partial charge in [0.05, 0.1) is 26.2 Å². The summed E-state index contributed by atoms with van der Waals surface area (Å²) in [4.78, 5) is 26.4. The van der Waals surface area contributed by atoms with E-state index in [1.54, 1.807) is 36.4 Å². The van der Waals surface area contributed by atoms with Crippen molar-refractivity contribution in [3.8, 4) is 17.6 Å². The minimum Gasteiger partial charge on any atom is -0.496 e. The molecule has 0 heterocycles. The number of amides is 1. The molecule has 0 aliphatic rings. The molecular weight excluding hydrogens is 396 g/mol. The van der Waals surface area contributed by atoms with Gasteiger partial charge in [0.15, 0.2) is 6.61 Å². The van der Waals surface area contributed by atoms with Crippen LogP contribution in [0.25, 0.3) is 0 Å². The number of nitrogens with zero attached hydrogens (tertiary/aromatic N) is 2. The molecule has 0 spiro atoms. The van der Waals surface area contributed by atoms with E-state index >= 15 is 0 Å². The minimum atomic E-state index is -0.732. The molecule has 1 amide bonds. The number of esters is 1. The summed E-state index contributed by atoms with van der Waals surface area (Å²) < 4.78 is 15.7. The van der Waals surface area contributed by atoms with Gasteiger partial charge in [-0.3, -0.25) is 4.79 Å². The fourth-order valence-electron chi connectivity index (χ4n) is 2.57. The number of carbonyl (C=O) groups is 2. The SMILES string of the molecule is CCOc1ccc(N(CCC#N)C(=O)COC(=O)c2cc(Cl)ccc2OC)cc1. The number of ether oxygens (including phenoxy) is 3. The van der Waals surface area contributed by atoms with Crippen LogP contribution >= 0.6 is 11.6 Å². The highest BCUT2D eigenvalue weighted by atomic mass is 35.5. The van der Waals surface area contributed by atoms with E-state index in [1.165, 1.54) is 18.1 Å². The molecule has 0 saturated heterocycles. The lowest BCUT2D eigenvalue weighted by molar-refractivity contribution is -0.121. The molecule has 0 aliphatic heterocycles. The zero-order valence-electron chi connectivity index (χ0n) is 16.2. The number of nitriles is 1. The van der Waals surface area contributed by atoms with Gasteiger partial charge in [0.25, 0.3) is 5.91 Å². The molecule has 0 aliphatic carbocycles. The molecule has 0 bridgehead atoms. The van der Waals surface area contributed by atoms with Crippen molar-refractivity contribution in [2.45, 2.75) is 13.3 Å². The summed E-state index contributed by atoms with van der Waals surface area (Å²) in [5.74, 6) is -0.230. The zero-order valence-corrected chi connectivity index (χ0v) is 16.9. The summed E-state index contributed by atoms with van der Waals surface area (Å²) in [5, 5.41) is 9.23. The van der Waals surface area contributed by atoms with Gasteiger partial charge in [0.1, 0.15) is 17.1 Å². The number of methoxy groups -OCH3 is 1. The number of benzene rings is 2. The van der Waals surface area contributed by atoms with E-state index in [0.29, 0.717) is 28.8 Å². The molecule has 8 heteroatoms. The Bertz CT molecular complexity index is 893. The van der Waals surface area contributed by atoms with Gasteiger partial charge in [-0.2, -0.15) is 5.26 Å². The summed E-state index contributed by atoms with van der Waals surface area (Å²) in [6, 6.07) is 13.4. The zero-order chi connectivity index (χ0) is 21.2. The smallest absolute Gasteiger partial charge is 0.342 e. The van der Waals surface area contributed by atoms with E-state index in [0.717, 1.165) is 0 Å². The summed E-state index contributed by atoms with van der Waals surface area (Å²) in [6.45, 7) is 2.08. The lowest BCUT2D eigenvalue weighted by Crippen LogP contribution is -2.35. The van der Waals surface area contributed by atoms with Gasteiger partial charge in [-0.25, -0.2) is 4.79 Å². The second-order valence-corrected chi connectivity index (χ2v) is 6.24. The van der Waals surface area contributed by atoms with Crippen LogP contribution in [0.5, 0.6) is 11.5 Å². The van der Waals surface area contributed by atoms with Gasteiger partial charge < -0.3 is 19.1 Å². The number of halogens is 1. The van der Waals surface area contributed by atoms with Crippen LogP contribution in [0.1, 0.15) is 23.7 Å². The maximum absolute atomic E-state index is 12.7. The first-order valence-electron chi connectivity index (χ1n) is 8.91. The molecule has 7 nitrogen and oxygen atoms in total. The number of rotatable bonds is 9. The van der Waals surface area contributed by atoms with Crippen LogP contribution in [0.3, 0.4) is 0 Å². The van der Waals surface area contributed by atoms with Crippen LogP contribution in [0.4, 0.5) is 5.69 Å². The third-order valence-corrected chi connectivity index (χ3v) is 4.15. The minimum absolute atomic E-state index is 0.123. The highest BCUT2D eigenvalue weighted by Crippen LogP contribution is 2.24. The lowest BCUT2D eigenvalue weighted by Gasteiger charge is -2.22. The third kappa shape index (κ3) is 6.13. The average Bonchev–Trinajstić information content (AvgIpc) is 2.73. The fourth-order valence-corrected chi connectivity index (χ4v) is 2.74. The second-order valence-electron chi connectivity index (χ2n) is 5.80. The molecule has 29 heavy (non-hydrogen) atoms. The fraction of sp³-hybridized carbons (Fsp3) is 0.286. The maximum atomic E-state index is 12.7. The van der Waals surface area contributed by atoms with Crippen LogP contribution in [0.15, 0.2) is 42.5 Å². The van der Waals surface area contributed by atoms with Gasteiger partial charge in [-0.1, -0.05) is 11.6 Å². The van der Waals surface area contributed by atoms with Crippen LogP contribution in [0.2, 0.25) is 5.02 Å². The van der Waals surface area contributed by atoms with E-state index in [1.807, 2.05) is 13.0 Å². The number of carbonyl (C=O) groups excluding carboxylic acids is 2. The van der Waals surface area contributed by atoms with E-state index in [4.69, 9.17) is 31.1 Å². The van der Waals surface area contributed by atoms with Crippen LogP contribution in [-0.4, -0.2) is 38.7 Å². The summed E-state index contributed by atoms with van der Waals surface area (Å²) >= 11 is 5.92. The summed E-state index contributed by atoms with van der Waals surface area (Å²) in [5.41, 5.74) is 0.697. The predicted octanol–water partition coefficient (Wildman–Crippen LogP) is 3.85. The standard InChI is InChI=1S/C21H21ClN2O5/c1-3-28-17-8-6-16(7-9-17)24(12-4-11-23)20(25)14-29-21(26)18-13-15(22)5-10-19(18)27-2/h5-10,13H,3-4,12,14H2,1-2H3. The molecule has 0 aromatic heterocycles. The Labute approximate surface area is 174 Å². The monoisotopic (exact) mass is 416 g/mol. The molecular formula is C21H21ClN2O5. The van der Waals surface area contributed by atoms with Crippen LogP contribution < -0.4 is 14.4 Å². The molecule has 2 rings (SSSR count). The Morgan fingerprint density at radius 2 is 1.90 bits per heavy atom.